The highest BCUT2D eigenvalue weighted by Crippen LogP contribution is 2.26. The standard InChI is InChI=1S/C25H33Cl2N3O4S/c1-5-7-14-28-25(32)18(3)29(16-20-12-13-21(26)15-22(20)27)24(31)17-30(35(4,33)34)23-11-9-8-10-19(23)6-2/h8-13,15,18H,5-7,14,16-17H2,1-4H3,(H,28,32)/t18-/m0/s1. The number of para-hydroxylation sites is 1. The van der Waals surface area contributed by atoms with Crippen molar-refractivity contribution >= 4 is 50.7 Å². The molecule has 2 aromatic rings. The van der Waals surface area contributed by atoms with E-state index in [9.17, 15) is 18.0 Å². The van der Waals surface area contributed by atoms with E-state index in [1.165, 1.54) is 4.90 Å². The Hall–Kier alpha value is -2.29. The Morgan fingerprint density at radius 3 is 2.34 bits per heavy atom. The van der Waals surface area contributed by atoms with Gasteiger partial charge in [-0.15, -0.1) is 0 Å². The maximum absolute atomic E-state index is 13.6. The Labute approximate surface area is 218 Å². The van der Waals surface area contributed by atoms with Crippen molar-refractivity contribution in [2.75, 3.05) is 23.7 Å². The van der Waals surface area contributed by atoms with Gasteiger partial charge in [0.25, 0.3) is 0 Å². The van der Waals surface area contributed by atoms with Gasteiger partial charge in [-0.2, -0.15) is 0 Å². The summed E-state index contributed by atoms with van der Waals surface area (Å²) in [5.74, 6) is -0.845. The summed E-state index contributed by atoms with van der Waals surface area (Å²) in [5.41, 5.74) is 1.83. The molecule has 1 atom stereocenters. The molecule has 0 aliphatic rings. The van der Waals surface area contributed by atoms with Gasteiger partial charge >= 0.3 is 0 Å². The van der Waals surface area contributed by atoms with Gasteiger partial charge < -0.3 is 10.2 Å². The van der Waals surface area contributed by atoms with Gasteiger partial charge in [-0.05, 0) is 49.1 Å². The van der Waals surface area contributed by atoms with Crippen LogP contribution >= 0.6 is 23.2 Å². The fourth-order valence-corrected chi connectivity index (χ4v) is 4.95. The van der Waals surface area contributed by atoms with E-state index >= 15 is 0 Å². The molecule has 0 aliphatic carbocycles. The number of carbonyl (C=O) groups is 2. The highest BCUT2D eigenvalue weighted by Gasteiger charge is 2.31. The summed E-state index contributed by atoms with van der Waals surface area (Å²) in [7, 11) is -3.79. The molecule has 0 heterocycles. The Morgan fingerprint density at radius 1 is 1.06 bits per heavy atom. The predicted molar refractivity (Wildman–Crippen MR) is 142 cm³/mol. The number of anilines is 1. The number of rotatable bonds is 12. The van der Waals surface area contributed by atoms with Crippen molar-refractivity contribution in [2.45, 2.75) is 52.6 Å². The number of sulfonamides is 1. The van der Waals surface area contributed by atoms with Gasteiger partial charge in [-0.25, -0.2) is 8.42 Å². The maximum Gasteiger partial charge on any atom is 0.244 e. The second kappa shape index (κ2) is 13.1. The van der Waals surface area contributed by atoms with Crippen molar-refractivity contribution in [2.24, 2.45) is 0 Å². The molecular formula is C25H33Cl2N3O4S. The number of unbranched alkanes of at least 4 members (excludes halogenated alkanes) is 1. The first-order valence-corrected chi connectivity index (χ1v) is 14.2. The number of hydrogen-bond donors (Lipinski definition) is 1. The average Bonchev–Trinajstić information content (AvgIpc) is 2.80. The zero-order valence-corrected chi connectivity index (χ0v) is 22.9. The van der Waals surface area contributed by atoms with E-state index in [-0.39, 0.29) is 12.5 Å². The van der Waals surface area contributed by atoms with Crippen molar-refractivity contribution in [1.29, 1.82) is 0 Å². The third-order valence-electron chi connectivity index (χ3n) is 5.67. The van der Waals surface area contributed by atoms with Crippen LogP contribution in [0.5, 0.6) is 0 Å². The molecule has 0 saturated carbocycles. The fourth-order valence-electron chi connectivity index (χ4n) is 3.60. The maximum atomic E-state index is 13.6. The van der Waals surface area contributed by atoms with E-state index < -0.39 is 28.5 Å². The number of benzene rings is 2. The number of carbonyl (C=O) groups excluding carboxylic acids is 2. The summed E-state index contributed by atoms with van der Waals surface area (Å²) in [6.45, 7) is 5.61. The molecule has 2 rings (SSSR count). The van der Waals surface area contributed by atoms with Crippen LogP contribution in [0.3, 0.4) is 0 Å². The molecule has 7 nitrogen and oxygen atoms in total. The lowest BCUT2D eigenvalue weighted by Gasteiger charge is -2.32. The lowest BCUT2D eigenvalue weighted by Crippen LogP contribution is -2.51. The van der Waals surface area contributed by atoms with Gasteiger partial charge in [-0.1, -0.05) is 67.7 Å². The lowest BCUT2D eigenvalue weighted by molar-refractivity contribution is -0.139. The van der Waals surface area contributed by atoms with Gasteiger partial charge in [0.05, 0.1) is 11.9 Å². The fraction of sp³-hybridized carbons (Fsp3) is 0.440. The minimum atomic E-state index is -3.79. The summed E-state index contributed by atoms with van der Waals surface area (Å²) in [4.78, 5) is 27.8. The molecule has 2 aromatic carbocycles. The number of nitrogens with zero attached hydrogens (tertiary/aromatic N) is 2. The normalized spacial score (nSPS) is 12.2. The molecule has 0 aliphatic heterocycles. The van der Waals surface area contributed by atoms with E-state index in [0.717, 1.165) is 29.0 Å². The number of nitrogens with one attached hydrogen (secondary N) is 1. The Kier molecular flexibility index (Phi) is 10.9. The first-order valence-electron chi connectivity index (χ1n) is 11.6. The van der Waals surface area contributed by atoms with Crippen molar-refractivity contribution < 1.29 is 18.0 Å². The molecule has 0 unspecified atom stereocenters. The molecule has 0 radical (unpaired) electrons. The first kappa shape index (κ1) is 28.9. The largest absolute Gasteiger partial charge is 0.354 e. The number of halogens is 2. The molecule has 35 heavy (non-hydrogen) atoms. The van der Waals surface area contributed by atoms with Crippen molar-refractivity contribution in [1.82, 2.24) is 10.2 Å². The molecule has 1 N–H and O–H groups in total. The monoisotopic (exact) mass is 541 g/mol. The lowest BCUT2D eigenvalue weighted by atomic mass is 10.1. The zero-order chi connectivity index (χ0) is 26.2. The van der Waals surface area contributed by atoms with Crippen molar-refractivity contribution in [3.8, 4) is 0 Å². The minimum absolute atomic E-state index is 0.0181. The molecule has 0 spiro atoms. The molecule has 0 aromatic heterocycles. The Balaban J connectivity index is 2.42. The smallest absolute Gasteiger partial charge is 0.244 e. The highest BCUT2D eigenvalue weighted by molar-refractivity contribution is 7.92. The summed E-state index contributed by atoms with van der Waals surface area (Å²) < 4.78 is 26.5. The summed E-state index contributed by atoms with van der Waals surface area (Å²) >= 11 is 12.4. The summed E-state index contributed by atoms with van der Waals surface area (Å²) in [6.07, 6.45) is 3.38. The predicted octanol–water partition coefficient (Wildman–Crippen LogP) is 4.66. The minimum Gasteiger partial charge on any atom is -0.354 e. The van der Waals surface area contributed by atoms with Crippen molar-refractivity contribution in [3.05, 3.63) is 63.6 Å². The Bertz CT molecular complexity index is 1140. The van der Waals surface area contributed by atoms with Gasteiger partial charge in [0.2, 0.25) is 21.8 Å². The van der Waals surface area contributed by atoms with E-state index in [0.29, 0.717) is 34.3 Å². The SMILES string of the molecule is CCCCNC(=O)[C@H](C)N(Cc1ccc(Cl)cc1Cl)C(=O)CN(c1ccccc1CC)S(C)(=O)=O. The molecule has 0 fully saturated rings. The molecule has 0 saturated heterocycles. The van der Waals surface area contributed by atoms with E-state index in [4.69, 9.17) is 23.2 Å². The summed E-state index contributed by atoms with van der Waals surface area (Å²) in [5, 5.41) is 3.64. The van der Waals surface area contributed by atoms with Crippen LogP contribution in [0.25, 0.3) is 0 Å². The van der Waals surface area contributed by atoms with Gasteiger partial charge in [0.15, 0.2) is 0 Å². The van der Waals surface area contributed by atoms with Crippen molar-refractivity contribution in [3.63, 3.8) is 0 Å². The van der Waals surface area contributed by atoms with Gasteiger partial charge in [-0.3, -0.25) is 13.9 Å². The molecule has 192 valence electrons. The summed E-state index contributed by atoms with van der Waals surface area (Å²) in [6, 6.07) is 11.1. The van der Waals surface area contributed by atoms with Crippen LogP contribution in [0.1, 0.15) is 44.7 Å². The van der Waals surface area contributed by atoms with Crippen LogP contribution in [0, 0.1) is 0 Å². The quantitative estimate of drug-likeness (QED) is 0.396. The van der Waals surface area contributed by atoms with E-state index in [2.05, 4.69) is 5.32 Å². The van der Waals surface area contributed by atoms with Crippen LogP contribution in [-0.2, 0) is 32.6 Å². The average molecular weight is 543 g/mol. The van der Waals surface area contributed by atoms with Gasteiger partial charge in [0.1, 0.15) is 12.6 Å². The highest BCUT2D eigenvalue weighted by atomic mass is 35.5. The van der Waals surface area contributed by atoms with Crippen LogP contribution in [0.15, 0.2) is 42.5 Å². The molecule has 0 bridgehead atoms. The number of hydrogen-bond acceptors (Lipinski definition) is 4. The molecule has 10 heteroatoms. The Morgan fingerprint density at radius 2 is 1.74 bits per heavy atom. The second-order valence-corrected chi connectivity index (χ2v) is 11.1. The van der Waals surface area contributed by atoms with E-state index in [1.54, 1.807) is 37.3 Å². The van der Waals surface area contributed by atoms with E-state index in [1.807, 2.05) is 26.0 Å². The number of aryl methyl sites for hydroxylation is 1. The zero-order valence-electron chi connectivity index (χ0n) is 20.6. The van der Waals surface area contributed by atoms with Crippen LogP contribution in [0.2, 0.25) is 10.0 Å². The third-order valence-corrected chi connectivity index (χ3v) is 7.39. The van der Waals surface area contributed by atoms with Crippen LogP contribution in [0.4, 0.5) is 5.69 Å². The molecule has 2 amide bonds. The van der Waals surface area contributed by atoms with Gasteiger partial charge in [0, 0.05) is 23.1 Å². The van der Waals surface area contributed by atoms with Crippen LogP contribution in [-0.4, -0.2) is 50.5 Å². The van der Waals surface area contributed by atoms with Crippen LogP contribution < -0.4 is 9.62 Å². The third kappa shape index (κ3) is 8.12. The first-order chi connectivity index (χ1) is 16.5. The topological polar surface area (TPSA) is 86.8 Å². The molecular weight excluding hydrogens is 509 g/mol. The second-order valence-electron chi connectivity index (χ2n) is 8.33. The number of amides is 2.